The lowest BCUT2D eigenvalue weighted by Gasteiger charge is -2.26. The summed E-state index contributed by atoms with van der Waals surface area (Å²) >= 11 is 1.51. The molecule has 146 valence electrons. The van der Waals surface area contributed by atoms with Gasteiger partial charge in [0.25, 0.3) is 0 Å². The van der Waals surface area contributed by atoms with Crippen molar-refractivity contribution in [2.75, 3.05) is 11.9 Å². The number of rotatable bonds is 4. The van der Waals surface area contributed by atoms with Crippen molar-refractivity contribution in [3.8, 4) is 17.0 Å². The van der Waals surface area contributed by atoms with Crippen molar-refractivity contribution in [3.63, 3.8) is 0 Å². The zero-order valence-corrected chi connectivity index (χ0v) is 16.5. The molecule has 4 aromatic rings. The summed E-state index contributed by atoms with van der Waals surface area (Å²) in [5, 5.41) is 9.01. The van der Waals surface area contributed by atoms with Gasteiger partial charge in [-0.3, -0.25) is 4.79 Å². The summed E-state index contributed by atoms with van der Waals surface area (Å²) in [6, 6.07) is 13.8. The van der Waals surface area contributed by atoms with E-state index in [1.165, 1.54) is 18.3 Å². The number of aromatic nitrogens is 3. The quantitative estimate of drug-likeness (QED) is 0.468. The molecule has 0 fully saturated rings. The van der Waals surface area contributed by atoms with Gasteiger partial charge < -0.3 is 20.4 Å². The number of thiazole rings is 1. The second-order valence-electron chi connectivity index (χ2n) is 6.91. The number of nitrogens with one attached hydrogen (secondary N) is 3. The van der Waals surface area contributed by atoms with E-state index in [4.69, 9.17) is 9.72 Å². The van der Waals surface area contributed by atoms with Crippen LogP contribution in [0, 0.1) is 0 Å². The van der Waals surface area contributed by atoms with Crippen LogP contribution in [0.5, 0.6) is 5.75 Å². The fourth-order valence-electron chi connectivity index (χ4n) is 3.53. The Kier molecular flexibility index (Phi) is 4.40. The average Bonchev–Trinajstić information content (AvgIpc) is 3.34. The number of carbonyl (C=O) groups is 1. The summed E-state index contributed by atoms with van der Waals surface area (Å²) in [6.45, 7) is 2.13. The third-order valence-corrected chi connectivity index (χ3v) is 5.60. The first-order chi connectivity index (χ1) is 14.2. The van der Waals surface area contributed by atoms with Crippen LogP contribution in [-0.4, -0.2) is 27.5 Å². The van der Waals surface area contributed by atoms with E-state index in [1.807, 2.05) is 41.8 Å². The van der Waals surface area contributed by atoms with E-state index >= 15 is 0 Å². The van der Waals surface area contributed by atoms with E-state index in [-0.39, 0.29) is 11.9 Å². The van der Waals surface area contributed by atoms with Gasteiger partial charge in [0.2, 0.25) is 11.9 Å². The van der Waals surface area contributed by atoms with E-state index in [9.17, 15) is 4.79 Å². The minimum absolute atomic E-state index is 0.0389. The highest BCUT2D eigenvalue weighted by molar-refractivity contribution is 7.14. The summed E-state index contributed by atoms with van der Waals surface area (Å²) in [4.78, 5) is 24.0. The number of benzene rings is 2. The summed E-state index contributed by atoms with van der Waals surface area (Å²) in [5.74, 6) is 1.44. The van der Waals surface area contributed by atoms with Crippen LogP contribution in [0.15, 0.2) is 47.8 Å². The molecule has 0 saturated heterocycles. The molecule has 2 aromatic carbocycles. The maximum Gasteiger partial charge on any atom is 0.217 e. The molecule has 2 aromatic heterocycles. The summed E-state index contributed by atoms with van der Waals surface area (Å²) in [6.07, 6.45) is 0.756. The highest BCUT2D eigenvalue weighted by Crippen LogP contribution is 2.36. The van der Waals surface area contributed by atoms with Gasteiger partial charge >= 0.3 is 0 Å². The molecule has 1 aliphatic rings. The maximum absolute atomic E-state index is 11.5. The van der Waals surface area contributed by atoms with Gasteiger partial charge in [0.15, 0.2) is 5.13 Å². The second kappa shape index (κ2) is 7.21. The molecule has 7 nitrogen and oxygen atoms in total. The van der Waals surface area contributed by atoms with Crippen LogP contribution >= 0.6 is 11.3 Å². The Morgan fingerprint density at radius 1 is 1.24 bits per heavy atom. The van der Waals surface area contributed by atoms with Crippen LogP contribution in [0.25, 0.3) is 22.3 Å². The largest absolute Gasteiger partial charge is 0.493 e. The molecule has 0 saturated carbocycles. The standard InChI is InChI=1S/C21H19N5O2S/c1-12(27)22-15-8-9-28-19-7-6-13(10-14(15)19)18-11-29-21(25-18)26-20-23-16-4-2-3-5-17(16)24-20/h2-7,10-11,15H,8-9H2,1H3,(H,22,27)(H2,23,24,25,26). The normalized spacial score (nSPS) is 15.6. The lowest BCUT2D eigenvalue weighted by molar-refractivity contribution is -0.119. The van der Waals surface area contributed by atoms with Crippen molar-refractivity contribution in [3.05, 3.63) is 53.4 Å². The number of imidazole rings is 1. The van der Waals surface area contributed by atoms with E-state index in [1.54, 1.807) is 0 Å². The van der Waals surface area contributed by atoms with E-state index in [2.05, 4.69) is 26.7 Å². The first kappa shape index (κ1) is 17.7. The molecule has 8 heteroatoms. The van der Waals surface area contributed by atoms with Crippen LogP contribution in [0.1, 0.15) is 24.9 Å². The van der Waals surface area contributed by atoms with Crippen molar-refractivity contribution in [1.82, 2.24) is 20.3 Å². The predicted molar refractivity (Wildman–Crippen MR) is 114 cm³/mol. The number of anilines is 2. The summed E-state index contributed by atoms with van der Waals surface area (Å²) in [7, 11) is 0. The van der Waals surface area contributed by atoms with Gasteiger partial charge in [-0.05, 0) is 30.3 Å². The van der Waals surface area contributed by atoms with Crippen LogP contribution in [0.2, 0.25) is 0 Å². The smallest absolute Gasteiger partial charge is 0.217 e. The Morgan fingerprint density at radius 2 is 2.14 bits per heavy atom. The first-order valence-corrected chi connectivity index (χ1v) is 10.3. The molecule has 0 bridgehead atoms. The number of fused-ring (bicyclic) bond motifs is 2. The van der Waals surface area contributed by atoms with Gasteiger partial charge in [-0.25, -0.2) is 9.97 Å². The van der Waals surface area contributed by atoms with Gasteiger partial charge in [0, 0.05) is 29.9 Å². The van der Waals surface area contributed by atoms with Crippen LogP contribution < -0.4 is 15.4 Å². The summed E-state index contributed by atoms with van der Waals surface area (Å²) in [5.41, 5.74) is 4.72. The van der Waals surface area contributed by atoms with E-state index in [0.717, 1.165) is 45.2 Å². The van der Waals surface area contributed by atoms with Crippen molar-refractivity contribution in [1.29, 1.82) is 0 Å². The zero-order valence-electron chi connectivity index (χ0n) is 15.7. The Hall–Kier alpha value is -3.39. The number of carbonyl (C=O) groups excluding carboxylic acids is 1. The van der Waals surface area contributed by atoms with Crippen LogP contribution in [0.4, 0.5) is 11.1 Å². The van der Waals surface area contributed by atoms with Crippen molar-refractivity contribution in [2.24, 2.45) is 0 Å². The molecule has 0 radical (unpaired) electrons. The highest BCUT2D eigenvalue weighted by atomic mass is 32.1. The predicted octanol–water partition coefficient (Wildman–Crippen LogP) is 4.39. The number of para-hydroxylation sites is 2. The molecule has 0 aliphatic carbocycles. The van der Waals surface area contributed by atoms with Crippen molar-refractivity contribution in [2.45, 2.75) is 19.4 Å². The molecule has 3 N–H and O–H groups in total. The topological polar surface area (TPSA) is 91.9 Å². The Bertz CT molecular complexity index is 1170. The van der Waals surface area contributed by atoms with Gasteiger partial charge in [0.05, 0.1) is 29.4 Å². The third kappa shape index (κ3) is 3.54. The van der Waals surface area contributed by atoms with Gasteiger partial charge in [-0.15, -0.1) is 11.3 Å². The molecular formula is C21H19N5O2S. The fraction of sp³-hybridized carbons (Fsp3) is 0.190. The maximum atomic E-state index is 11.5. The van der Waals surface area contributed by atoms with E-state index < -0.39 is 0 Å². The Labute approximate surface area is 171 Å². The monoisotopic (exact) mass is 405 g/mol. The van der Waals surface area contributed by atoms with Crippen molar-refractivity contribution < 1.29 is 9.53 Å². The Balaban J connectivity index is 1.40. The molecule has 3 heterocycles. The van der Waals surface area contributed by atoms with Crippen LogP contribution in [-0.2, 0) is 4.79 Å². The SMILES string of the molecule is CC(=O)NC1CCOc2ccc(-c3csc(Nc4nc5ccccc5[nH]4)n3)cc21. The number of amides is 1. The van der Waals surface area contributed by atoms with E-state index in [0.29, 0.717) is 12.6 Å². The lowest BCUT2D eigenvalue weighted by Crippen LogP contribution is -2.30. The number of hydrogen-bond donors (Lipinski definition) is 3. The lowest BCUT2D eigenvalue weighted by atomic mass is 9.97. The molecular weight excluding hydrogens is 386 g/mol. The minimum atomic E-state index is -0.0424. The van der Waals surface area contributed by atoms with Gasteiger partial charge in [-0.1, -0.05) is 12.1 Å². The van der Waals surface area contributed by atoms with Gasteiger partial charge in [-0.2, -0.15) is 0 Å². The van der Waals surface area contributed by atoms with Crippen molar-refractivity contribution >= 4 is 39.4 Å². The Morgan fingerprint density at radius 3 is 3.00 bits per heavy atom. The summed E-state index contributed by atoms with van der Waals surface area (Å²) < 4.78 is 5.75. The third-order valence-electron chi connectivity index (χ3n) is 4.84. The molecule has 5 rings (SSSR count). The van der Waals surface area contributed by atoms with Crippen LogP contribution in [0.3, 0.4) is 0 Å². The average molecular weight is 405 g/mol. The number of aromatic amines is 1. The fourth-order valence-corrected chi connectivity index (χ4v) is 4.24. The number of H-pyrrole nitrogens is 1. The molecule has 1 atom stereocenters. The minimum Gasteiger partial charge on any atom is -0.493 e. The number of ether oxygens (including phenoxy) is 1. The molecule has 1 amide bonds. The molecule has 29 heavy (non-hydrogen) atoms. The van der Waals surface area contributed by atoms with Gasteiger partial charge in [0.1, 0.15) is 5.75 Å². The first-order valence-electron chi connectivity index (χ1n) is 9.37. The molecule has 1 aliphatic heterocycles. The molecule has 1 unspecified atom stereocenters. The highest BCUT2D eigenvalue weighted by Gasteiger charge is 2.23. The second-order valence-corrected chi connectivity index (χ2v) is 7.77. The number of hydrogen-bond acceptors (Lipinski definition) is 6. The number of nitrogens with zero attached hydrogens (tertiary/aromatic N) is 2. The zero-order chi connectivity index (χ0) is 19.8. The molecule has 0 spiro atoms.